The number of amides is 1. The molecule has 2 aromatic rings. The van der Waals surface area contributed by atoms with Crippen LogP contribution in [0.2, 0.25) is 5.02 Å². The number of rotatable bonds is 4. The van der Waals surface area contributed by atoms with Gasteiger partial charge in [-0.3, -0.25) is 9.69 Å². The number of benzene rings is 2. The summed E-state index contributed by atoms with van der Waals surface area (Å²) in [6, 6.07) is 15.7. The molecular formula is C22H26ClN3O2. The van der Waals surface area contributed by atoms with Crippen molar-refractivity contribution in [2.75, 3.05) is 37.7 Å². The number of anilines is 1. The van der Waals surface area contributed by atoms with Crippen LogP contribution in [0.3, 0.4) is 0 Å². The number of piperazine rings is 1. The molecule has 148 valence electrons. The molecule has 4 rings (SSSR count). The van der Waals surface area contributed by atoms with E-state index in [1.54, 1.807) is 0 Å². The van der Waals surface area contributed by atoms with Gasteiger partial charge in [0.1, 0.15) is 5.75 Å². The molecule has 0 aliphatic carbocycles. The van der Waals surface area contributed by atoms with Crippen LogP contribution >= 0.6 is 11.6 Å². The van der Waals surface area contributed by atoms with E-state index in [1.165, 1.54) is 0 Å². The smallest absolute Gasteiger partial charge is 0.237 e. The lowest BCUT2D eigenvalue weighted by Crippen LogP contribution is -2.54. The van der Waals surface area contributed by atoms with Crippen molar-refractivity contribution in [2.45, 2.75) is 25.4 Å². The number of carbonyl (C=O) groups is 1. The van der Waals surface area contributed by atoms with E-state index in [1.807, 2.05) is 49.4 Å². The van der Waals surface area contributed by atoms with E-state index >= 15 is 0 Å². The highest BCUT2D eigenvalue weighted by molar-refractivity contribution is 6.33. The Morgan fingerprint density at radius 1 is 1.11 bits per heavy atom. The summed E-state index contributed by atoms with van der Waals surface area (Å²) in [6.45, 7) is 6.02. The van der Waals surface area contributed by atoms with E-state index in [0.717, 1.165) is 54.6 Å². The van der Waals surface area contributed by atoms with E-state index < -0.39 is 0 Å². The molecule has 2 aliphatic rings. The highest BCUT2D eigenvalue weighted by atomic mass is 35.5. The molecule has 0 saturated carbocycles. The third-order valence-electron chi connectivity index (χ3n) is 5.71. The average molecular weight is 400 g/mol. The van der Waals surface area contributed by atoms with Gasteiger partial charge in [0, 0.05) is 38.2 Å². The van der Waals surface area contributed by atoms with Crippen molar-refractivity contribution in [1.29, 1.82) is 0 Å². The Bertz CT molecular complexity index is 836. The molecule has 6 heteroatoms. The lowest BCUT2D eigenvalue weighted by molar-refractivity contribution is -0.127. The minimum absolute atomic E-state index is 0.0179. The molecule has 1 saturated heterocycles. The van der Waals surface area contributed by atoms with E-state index in [0.29, 0.717) is 6.61 Å². The van der Waals surface area contributed by atoms with E-state index in [9.17, 15) is 4.79 Å². The minimum atomic E-state index is -0.164. The summed E-state index contributed by atoms with van der Waals surface area (Å²) in [4.78, 5) is 17.4. The largest absolute Gasteiger partial charge is 0.493 e. The molecule has 0 unspecified atom stereocenters. The molecule has 1 amide bonds. The molecule has 2 atom stereocenters. The van der Waals surface area contributed by atoms with E-state index in [4.69, 9.17) is 16.3 Å². The van der Waals surface area contributed by atoms with Crippen LogP contribution in [0.25, 0.3) is 0 Å². The summed E-state index contributed by atoms with van der Waals surface area (Å²) >= 11 is 6.33. The van der Waals surface area contributed by atoms with Crippen LogP contribution in [0.4, 0.5) is 5.69 Å². The van der Waals surface area contributed by atoms with Gasteiger partial charge in [-0.05, 0) is 25.1 Å². The zero-order chi connectivity index (χ0) is 19.5. The number of hydrogen-bond acceptors (Lipinski definition) is 4. The number of halogens is 1. The zero-order valence-corrected chi connectivity index (χ0v) is 16.9. The maximum atomic E-state index is 12.9. The number of para-hydroxylation sites is 2. The Hall–Kier alpha value is -2.24. The normalized spacial score (nSPS) is 20.8. The van der Waals surface area contributed by atoms with Gasteiger partial charge in [-0.1, -0.05) is 41.9 Å². The Morgan fingerprint density at radius 2 is 1.82 bits per heavy atom. The van der Waals surface area contributed by atoms with Crippen molar-refractivity contribution in [1.82, 2.24) is 10.2 Å². The Kier molecular flexibility index (Phi) is 5.74. The quantitative estimate of drug-likeness (QED) is 0.854. The van der Waals surface area contributed by atoms with Gasteiger partial charge in [0.05, 0.1) is 29.4 Å². The summed E-state index contributed by atoms with van der Waals surface area (Å²) in [5.41, 5.74) is 2.14. The van der Waals surface area contributed by atoms with Crippen LogP contribution < -0.4 is 15.0 Å². The summed E-state index contributed by atoms with van der Waals surface area (Å²) in [7, 11) is 0. The Morgan fingerprint density at radius 3 is 2.61 bits per heavy atom. The Labute approximate surface area is 171 Å². The molecule has 2 aromatic carbocycles. The first-order chi connectivity index (χ1) is 13.6. The van der Waals surface area contributed by atoms with Crippen molar-refractivity contribution >= 4 is 23.2 Å². The zero-order valence-electron chi connectivity index (χ0n) is 16.1. The second-order valence-electron chi connectivity index (χ2n) is 7.39. The molecule has 2 aliphatic heterocycles. The predicted octanol–water partition coefficient (Wildman–Crippen LogP) is 3.49. The van der Waals surface area contributed by atoms with Crippen molar-refractivity contribution in [3.63, 3.8) is 0 Å². The van der Waals surface area contributed by atoms with E-state index in [2.05, 4.69) is 21.2 Å². The highest BCUT2D eigenvalue weighted by Gasteiger charge is 2.29. The van der Waals surface area contributed by atoms with Crippen LogP contribution in [0, 0.1) is 0 Å². The topological polar surface area (TPSA) is 44.8 Å². The van der Waals surface area contributed by atoms with Crippen molar-refractivity contribution in [3.05, 3.63) is 59.1 Å². The molecule has 0 aromatic heterocycles. The molecular weight excluding hydrogens is 374 g/mol. The van der Waals surface area contributed by atoms with Gasteiger partial charge >= 0.3 is 0 Å². The molecule has 5 nitrogen and oxygen atoms in total. The maximum absolute atomic E-state index is 12.9. The van der Waals surface area contributed by atoms with Gasteiger partial charge in [0.2, 0.25) is 5.91 Å². The van der Waals surface area contributed by atoms with Crippen molar-refractivity contribution < 1.29 is 9.53 Å². The predicted molar refractivity (Wildman–Crippen MR) is 112 cm³/mol. The molecule has 2 heterocycles. The second kappa shape index (κ2) is 8.41. The lowest BCUT2D eigenvalue weighted by atomic mass is 10.00. The third kappa shape index (κ3) is 3.96. The first-order valence-corrected chi connectivity index (χ1v) is 10.3. The monoisotopic (exact) mass is 399 g/mol. The molecule has 1 N–H and O–H groups in total. The molecule has 1 fully saturated rings. The highest BCUT2D eigenvalue weighted by Crippen LogP contribution is 2.32. The summed E-state index contributed by atoms with van der Waals surface area (Å²) < 4.78 is 5.70. The number of carbonyl (C=O) groups excluding carboxylic acids is 1. The van der Waals surface area contributed by atoms with Gasteiger partial charge in [0.25, 0.3) is 0 Å². The van der Waals surface area contributed by atoms with Gasteiger partial charge < -0.3 is 15.0 Å². The fourth-order valence-corrected chi connectivity index (χ4v) is 4.26. The van der Waals surface area contributed by atoms with E-state index in [-0.39, 0.29) is 18.0 Å². The number of fused-ring (bicyclic) bond motifs is 1. The molecule has 0 spiro atoms. The second-order valence-corrected chi connectivity index (χ2v) is 7.79. The first kappa shape index (κ1) is 19.1. The fourth-order valence-electron chi connectivity index (χ4n) is 4.01. The molecule has 28 heavy (non-hydrogen) atoms. The Balaban J connectivity index is 1.35. The fraction of sp³-hybridized carbons (Fsp3) is 0.409. The van der Waals surface area contributed by atoms with Crippen LogP contribution in [-0.2, 0) is 4.79 Å². The first-order valence-electron chi connectivity index (χ1n) is 9.89. The number of hydrogen-bond donors (Lipinski definition) is 1. The van der Waals surface area contributed by atoms with Crippen molar-refractivity contribution in [2.24, 2.45) is 0 Å². The van der Waals surface area contributed by atoms with Crippen LogP contribution in [-0.4, -0.2) is 49.6 Å². The number of ether oxygens (including phenoxy) is 1. The van der Waals surface area contributed by atoms with Gasteiger partial charge in [-0.15, -0.1) is 0 Å². The number of nitrogens with zero attached hydrogens (tertiary/aromatic N) is 2. The van der Waals surface area contributed by atoms with Gasteiger partial charge in [0.15, 0.2) is 0 Å². The van der Waals surface area contributed by atoms with Gasteiger partial charge in [-0.25, -0.2) is 0 Å². The van der Waals surface area contributed by atoms with Crippen LogP contribution in [0.15, 0.2) is 48.5 Å². The third-order valence-corrected chi connectivity index (χ3v) is 6.03. The SMILES string of the molecule is C[C@H](C(=O)N[C@H]1CCOc2ccccc21)N1CCN(c2ccccc2Cl)CC1. The van der Waals surface area contributed by atoms with Crippen LogP contribution in [0.1, 0.15) is 24.9 Å². The van der Waals surface area contributed by atoms with Gasteiger partial charge in [-0.2, -0.15) is 0 Å². The van der Waals surface area contributed by atoms with Crippen LogP contribution in [0.5, 0.6) is 5.75 Å². The standard InChI is InChI=1S/C22H26ClN3O2/c1-16(22(27)24-19-10-15-28-21-9-5-2-6-17(19)21)25-11-13-26(14-12-25)20-8-4-3-7-18(20)23/h2-9,16,19H,10-15H2,1H3,(H,24,27)/t16-,19+/m1/s1. The molecule has 0 radical (unpaired) electrons. The minimum Gasteiger partial charge on any atom is -0.493 e. The average Bonchev–Trinajstić information content (AvgIpc) is 2.74. The number of nitrogens with one attached hydrogen (secondary N) is 1. The summed E-state index contributed by atoms with van der Waals surface area (Å²) in [5, 5.41) is 4.01. The molecule has 0 bridgehead atoms. The summed E-state index contributed by atoms with van der Waals surface area (Å²) in [5.74, 6) is 0.952. The maximum Gasteiger partial charge on any atom is 0.237 e. The lowest BCUT2D eigenvalue weighted by Gasteiger charge is -2.39. The summed E-state index contributed by atoms with van der Waals surface area (Å²) in [6.07, 6.45) is 0.801. The van der Waals surface area contributed by atoms with Crippen molar-refractivity contribution in [3.8, 4) is 5.75 Å².